The van der Waals surface area contributed by atoms with E-state index < -0.39 is 17.1 Å². The van der Waals surface area contributed by atoms with Crippen molar-refractivity contribution in [1.82, 2.24) is 4.90 Å². The fourth-order valence-electron chi connectivity index (χ4n) is 2.22. The third kappa shape index (κ3) is 4.51. The van der Waals surface area contributed by atoms with E-state index in [2.05, 4.69) is 5.32 Å². The number of carbonyl (C=O) groups excluding carboxylic acids is 3. The predicted octanol–water partition coefficient (Wildman–Crippen LogP) is 4.28. The highest BCUT2D eigenvalue weighted by Crippen LogP contribution is 2.32. The number of amides is 3. The fraction of sp³-hybridized carbons (Fsp3) is 0.118. The van der Waals surface area contributed by atoms with Gasteiger partial charge in [0.2, 0.25) is 5.91 Å². The smallest absolute Gasteiger partial charge is 0.294 e. The lowest BCUT2D eigenvalue weighted by atomic mass is 10.3. The van der Waals surface area contributed by atoms with Crippen LogP contribution in [0.1, 0.15) is 5.76 Å². The highest BCUT2D eigenvalue weighted by molar-refractivity contribution is 14.1. The van der Waals surface area contributed by atoms with Crippen LogP contribution in [0.4, 0.5) is 10.5 Å². The van der Waals surface area contributed by atoms with Gasteiger partial charge in [0.25, 0.3) is 11.1 Å². The quantitative estimate of drug-likeness (QED) is 0.375. The SMILES string of the molecule is CSc1cccc(NC(=O)CN2C(=O)S/C(=C\c3ccc(I)o3)C2=O)c1. The molecule has 1 aliphatic heterocycles. The monoisotopic (exact) mass is 500 g/mol. The molecular weight excluding hydrogens is 487 g/mol. The first-order valence-corrected chi connectivity index (χ1v) is 10.5. The van der Waals surface area contributed by atoms with Gasteiger partial charge in [-0.15, -0.1) is 11.8 Å². The second-order valence-electron chi connectivity index (χ2n) is 5.19. The highest BCUT2D eigenvalue weighted by atomic mass is 127. The number of benzene rings is 1. The summed E-state index contributed by atoms with van der Waals surface area (Å²) in [6.45, 7) is -0.332. The van der Waals surface area contributed by atoms with Gasteiger partial charge in [-0.25, -0.2) is 0 Å². The number of hydrogen-bond acceptors (Lipinski definition) is 6. The summed E-state index contributed by atoms with van der Waals surface area (Å²) in [4.78, 5) is 38.9. The Balaban J connectivity index is 1.67. The van der Waals surface area contributed by atoms with Crippen molar-refractivity contribution in [2.24, 2.45) is 0 Å². The molecule has 0 radical (unpaired) electrons. The number of halogens is 1. The first-order chi connectivity index (χ1) is 12.5. The molecule has 0 unspecified atom stereocenters. The molecule has 1 aromatic heterocycles. The molecule has 6 nitrogen and oxygen atoms in total. The van der Waals surface area contributed by atoms with Crippen molar-refractivity contribution in [2.75, 3.05) is 18.1 Å². The largest absolute Gasteiger partial charge is 0.451 e. The van der Waals surface area contributed by atoms with E-state index in [1.54, 1.807) is 30.0 Å². The van der Waals surface area contributed by atoms with Gasteiger partial charge >= 0.3 is 0 Å². The van der Waals surface area contributed by atoms with Crippen LogP contribution >= 0.6 is 46.1 Å². The van der Waals surface area contributed by atoms with E-state index in [1.807, 2.05) is 47.0 Å². The van der Waals surface area contributed by atoms with Gasteiger partial charge in [-0.1, -0.05) is 6.07 Å². The molecule has 9 heteroatoms. The van der Waals surface area contributed by atoms with Gasteiger partial charge in [0.1, 0.15) is 12.3 Å². The molecule has 1 N–H and O–H groups in total. The van der Waals surface area contributed by atoms with E-state index in [0.717, 1.165) is 21.6 Å². The second-order valence-corrected chi connectivity index (χ2v) is 8.13. The number of imide groups is 1. The maximum absolute atomic E-state index is 12.4. The maximum atomic E-state index is 12.4. The number of hydrogen-bond donors (Lipinski definition) is 1. The zero-order valence-corrected chi connectivity index (χ0v) is 17.3. The summed E-state index contributed by atoms with van der Waals surface area (Å²) in [5, 5.41) is 2.23. The number of nitrogens with one attached hydrogen (secondary N) is 1. The van der Waals surface area contributed by atoms with Crippen LogP contribution < -0.4 is 5.32 Å². The van der Waals surface area contributed by atoms with Crippen molar-refractivity contribution in [2.45, 2.75) is 4.90 Å². The topological polar surface area (TPSA) is 79.6 Å². The molecule has 26 heavy (non-hydrogen) atoms. The van der Waals surface area contributed by atoms with E-state index >= 15 is 0 Å². The molecule has 1 saturated heterocycles. The summed E-state index contributed by atoms with van der Waals surface area (Å²) >= 11 is 4.36. The molecule has 3 rings (SSSR count). The van der Waals surface area contributed by atoms with E-state index in [-0.39, 0.29) is 11.4 Å². The van der Waals surface area contributed by atoms with E-state index in [9.17, 15) is 14.4 Å². The Morgan fingerprint density at radius 3 is 2.85 bits per heavy atom. The minimum absolute atomic E-state index is 0.234. The van der Waals surface area contributed by atoms with Crippen LogP contribution in [0.2, 0.25) is 0 Å². The van der Waals surface area contributed by atoms with Gasteiger partial charge < -0.3 is 9.73 Å². The predicted molar refractivity (Wildman–Crippen MR) is 111 cm³/mol. The molecule has 2 heterocycles. The van der Waals surface area contributed by atoms with Crippen LogP contribution in [0.3, 0.4) is 0 Å². The molecule has 1 aliphatic rings. The van der Waals surface area contributed by atoms with Gasteiger partial charge in [-0.3, -0.25) is 19.3 Å². The first kappa shape index (κ1) is 19.1. The minimum atomic E-state index is -0.501. The zero-order chi connectivity index (χ0) is 18.7. The first-order valence-electron chi connectivity index (χ1n) is 7.41. The zero-order valence-electron chi connectivity index (χ0n) is 13.5. The van der Waals surface area contributed by atoms with Crippen LogP contribution in [-0.4, -0.2) is 34.8 Å². The van der Waals surface area contributed by atoms with E-state index in [0.29, 0.717) is 15.2 Å². The minimum Gasteiger partial charge on any atom is -0.451 e. The molecule has 134 valence electrons. The van der Waals surface area contributed by atoms with Gasteiger partial charge in [-0.05, 0) is 70.9 Å². The Bertz CT molecular complexity index is 910. The molecule has 3 amide bonds. The summed E-state index contributed by atoms with van der Waals surface area (Å²) in [5.41, 5.74) is 0.620. The molecule has 0 atom stereocenters. The van der Waals surface area contributed by atoms with Gasteiger partial charge in [0, 0.05) is 16.7 Å². The number of rotatable bonds is 5. The molecule has 2 aromatic rings. The summed E-state index contributed by atoms with van der Waals surface area (Å²) < 4.78 is 6.06. The molecular formula is C17H13IN2O4S2. The molecule has 0 saturated carbocycles. The summed E-state index contributed by atoms with van der Waals surface area (Å²) in [6, 6.07) is 10.8. The lowest BCUT2D eigenvalue weighted by molar-refractivity contribution is -0.127. The highest BCUT2D eigenvalue weighted by Gasteiger charge is 2.36. The van der Waals surface area contributed by atoms with Crippen LogP contribution in [0.15, 0.2) is 50.6 Å². The molecule has 0 aliphatic carbocycles. The third-order valence-corrected chi connectivity index (χ3v) is 5.61. The van der Waals surface area contributed by atoms with E-state index in [1.165, 1.54) is 6.08 Å². The number of nitrogens with zero attached hydrogens (tertiary/aromatic N) is 1. The van der Waals surface area contributed by atoms with E-state index in [4.69, 9.17) is 4.42 Å². The Labute approximate surface area is 171 Å². The Kier molecular flexibility index (Phi) is 6.09. The lowest BCUT2D eigenvalue weighted by Crippen LogP contribution is -2.36. The van der Waals surface area contributed by atoms with Crippen LogP contribution in [-0.2, 0) is 9.59 Å². The molecule has 0 spiro atoms. The second kappa shape index (κ2) is 8.31. The molecule has 1 aromatic carbocycles. The lowest BCUT2D eigenvalue weighted by Gasteiger charge is -2.12. The van der Waals surface area contributed by atoms with Crippen LogP contribution in [0.25, 0.3) is 6.08 Å². The number of thioether (sulfide) groups is 2. The number of carbonyl (C=O) groups is 3. The van der Waals surface area contributed by atoms with Crippen molar-refractivity contribution in [3.63, 3.8) is 0 Å². The van der Waals surface area contributed by atoms with Gasteiger partial charge in [-0.2, -0.15) is 0 Å². The number of anilines is 1. The van der Waals surface area contributed by atoms with Crippen molar-refractivity contribution >= 4 is 74.9 Å². The standard InChI is InChI=1S/C17H13IN2O4S2/c1-25-12-4-2-3-10(7-12)19-15(21)9-20-16(22)13(26-17(20)23)8-11-5-6-14(18)24-11/h2-8H,9H2,1H3,(H,19,21)/b13-8-. The summed E-state index contributed by atoms with van der Waals surface area (Å²) in [6.07, 6.45) is 3.44. The average molecular weight is 500 g/mol. The Morgan fingerprint density at radius 1 is 1.35 bits per heavy atom. The van der Waals surface area contributed by atoms with Crippen molar-refractivity contribution in [1.29, 1.82) is 0 Å². The summed E-state index contributed by atoms with van der Waals surface area (Å²) in [7, 11) is 0. The van der Waals surface area contributed by atoms with Crippen LogP contribution in [0.5, 0.6) is 0 Å². The number of furan rings is 1. The van der Waals surface area contributed by atoms with Crippen molar-refractivity contribution in [3.05, 3.63) is 50.8 Å². The molecule has 1 fully saturated rings. The maximum Gasteiger partial charge on any atom is 0.294 e. The normalized spacial score (nSPS) is 15.8. The Hall–Kier alpha value is -1.72. The Morgan fingerprint density at radius 2 is 2.15 bits per heavy atom. The van der Waals surface area contributed by atoms with Crippen molar-refractivity contribution < 1.29 is 18.8 Å². The third-order valence-electron chi connectivity index (χ3n) is 3.40. The van der Waals surface area contributed by atoms with Crippen LogP contribution in [0, 0.1) is 3.77 Å². The van der Waals surface area contributed by atoms with Crippen molar-refractivity contribution in [3.8, 4) is 0 Å². The average Bonchev–Trinajstić information content (AvgIpc) is 3.13. The fourth-order valence-corrected chi connectivity index (χ4v) is 3.93. The van der Waals surface area contributed by atoms with Gasteiger partial charge in [0.05, 0.1) is 4.91 Å². The van der Waals surface area contributed by atoms with Gasteiger partial charge in [0.15, 0.2) is 3.77 Å². The summed E-state index contributed by atoms with van der Waals surface area (Å²) in [5.74, 6) is -0.447. The molecule has 0 bridgehead atoms.